The van der Waals surface area contributed by atoms with Gasteiger partial charge in [0, 0.05) is 12.5 Å². The van der Waals surface area contributed by atoms with Crippen LogP contribution in [0.15, 0.2) is 29.2 Å². The molecule has 2 saturated carbocycles. The standard InChI is InChI=1S/C21H26O5S/c1-2-26-21(22)19(11-14-9-10-25-13-14)16-5-8-20(18(12-16)15-3-4-15)27(23,24)17-6-7-17/h5,8,11-12,14-15,17H,2-4,6-7,9-10,13H2,1H3. The average Bonchev–Trinajstić information content (AvgIpc) is 3.57. The van der Waals surface area contributed by atoms with Crippen LogP contribution in [-0.4, -0.2) is 39.5 Å². The lowest BCUT2D eigenvalue weighted by atomic mass is 9.96. The maximum absolute atomic E-state index is 12.8. The molecule has 1 heterocycles. The molecule has 27 heavy (non-hydrogen) atoms. The third kappa shape index (κ3) is 3.97. The van der Waals surface area contributed by atoms with Gasteiger partial charge in [-0.3, -0.25) is 0 Å². The van der Waals surface area contributed by atoms with Crippen molar-refractivity contribution in [3.63, 3.8) is 0 Å². The van der Waals surface area contributed by atoms with Gasteiger partial charge in [0.25, 0.3) is 0 Å². The highest BCUT2D eigenvalue weighted by atomic mass is 32.2. The first kappa shape index (κ1) is 18.7. The van der Waals surface area contributed by atoms with Crippen molar-refractivity contribution in [3.8, 4) is 0 Å². The second-order valence-corrected chi connectivity index (χ2v) is 9.89. The first-order valence-corrected chi connectivity index (χ1v) is 11.4. The van der Waals surface area contributed by atoms with Crippen molar-refractivity contribution in [2.45, 2.75) is 55.1 Å². The summed E-state index contributed by atoms with van der Waals surface area (Å²) in [4.78, 5) is 13.0. The van der Waals surface area contributed by atoms with Gasteiger partial charge < -0.3 is 9.47 Å². The van der Waals surface area contributed by atoms with Crippen LogP contribution >= 0.6 is 0 Å². The van der Waals surface area contributed by atoms with Crippen molar-refractivity contribution < 1.29 is 22.7 Å². The van der Waals surface area contributed by atoms with Crippen molar-refractivity contribution in [1.29, 1.82) is 0 Å². The highest BCUT2D eigenvalue weighted by Gasteiger charge is 2.40. The summed E-state index contributed by atoms with van der Waals surface area (Å²) >= 11 is 0. The summed E-state index contributed by atoms with van der Waals surface area (Å²) in [5, 5.41) is -0.225. The number of carbonyl (C=O) groups excluding carboxylic acids is 1. The molecule has 1 aromatic carbocycles. The molecule has 0 spiro atoms. The molecule has 4 rings (SSSR count). The van der Waals surface area contributed by atoms with Crippen LogP contribution in [0.5, 0.6) is 0 Å². The molecule has 0 aromatic heterocycles. The summed E-state index contributed by atoms with van der Waals surface area (Å²) in [6, 6.07) is 5.38. The molecular weight excluding hydrogens is 364 g/mol. The van der Waals surface area contributed by atoms with E-state index < -0.39 is 9.84 Å². The lowest BCUT2D eigenvalue weighted by molar-refractivity contribution is -0.136. The quantitative estimate of drug-likeness (QED) is 0.527. The third-order valence-corrected chi connectivity index (χ3v) is 7.80. The third-order valence-electron chi connectivity index (χ3n) is 5.47. The lowest BCUT2D eigenvalue weighted by Crippen LogP contribution is -2.12. The van der Waals surface area contributed by atoms with E-state index in [9.17, 15) is 13.2 Å². The molecule has 0 N–H and O–H groups in total. The minimum absolute atomic E-state index is 0.184. The Bertz CT molecular complexity index is 857. The van der Waals surface area contributed by atoms with Gasteiger partial charge in [0.1, 0.15) is 0 Å². The molecular formula is C21H26O5S. The van der Waals surface area contributed by atoms with Gasteiger partial charge in [-0.05, 0) is 68.2 Å². The van der Waals surface area contributed by atoms with Crippen LogP contribution in [-0.2, 0) is 24.1 Å². The number of carbonyl (C=O) groups is 1. The molecule has 3 fully saturated rings. The van der Waals surface area contributed by atoms with Gasteiger partial charge in [0.05, 0.1) is 28.9 Å². The van der Waals surface area contributed by atoms with Crippen LogP contribution in [0.3, 0.4) is 0 Å². The Morgan fingerprint density at radius 1 is 1.22 bits per heavy atom. The zero-order valence-electron chi connectivity index (χ0n) is 15.6. The number of benzene rings is 1. The van der Waals surface area contributed by atoms with Crippen LogP contribution < -0.4 is 0 Å². The molecule has 0 radical (unpaired) electrons. The Hall–Kier alpha value is -1.66. The highest BCUT2D eigenvalue weighted by Crippen LogP contribution is 2.46. The van der Waals surface area contributed by atoms with Crippen molar-refractivity contribution in [1.82, 2.24) is 0 Å². The molecule has 3 aliphatic rings. The fourth-order valence-electron chi connectivity index (χ4n) is 3.66. The molecule has 2 aliphatic carbocycles. The van der Waals surface area contributed by atoms with Crippen molar-refractivity contribution >= 4 is 21.4 Å². The Morgan fingerprint density at radius 2 is 2.00 bits per heavy atom. The Labute approximate surface area is 160 Å². The summed E-state index contributed by atoms with van der Waals surface area (Å²) < 4.78 is 36.3. The highest BCUT2D eigenvalue weighted by molar-refractivity contribution is 7.92. The second kappa shape index (κ2) is 7.40. The first-order chi connectivity index (χ1) is 13.0. The van der Waals surface area contributed by atoms with Gasteiger partial charge in [-0.1, -0.05) is 12.1 Å². The topological polar surface area (TPSA) is 69.7 Å². The number of sulfone groups is 1. The maximum atomic E-state index is 12.8. The number of ether oxygens (including phenoxy) is 2. The number of hydrogen-bond donors (Lipinski definition) is 0. The number of rotatable bonds is 7. The second-order valence-electron chi connectivity index (χ2n) is 7.70. The van der Waals surface area contributed by atoms with Gasteiger partial charge in [-0.2, -0.15) is 0 Å². The summed E-state index contributed by atoms with van der Waals surface area (Å²) in [7, 11) is -3.25. The first-order valence-electron chi connectivity index (χ1n) is 9.85. The fourth-order valence-corrected chi connectivity index (χ4v) is 5.58. The van der Waals surface area contributed by atoms with Crippen LogP contribution in [0, 0.1) is 5.92 Å². The van der Waals surface area contributed by atoms with E-state index in [0.29, 0.717) is 30.3 Å². The zero-order chi connectivity index (χ0) is 19.0. The maximum Gasteiger partial charge on any atom is 0.338 e. The van der Waals surface area contributed by atoms with E-state index >= 15 is 0 Å². The van der Waals surface area contributed by atoms with Gasteiger partial charge in [0.2, 0.25) is 0 Å². The summed E-state index contributed by atoms with van der Waals surface area (Å²) in [6.45, 7) is 3.39. The smallest absolute Gasteiger partial charge is 0.338 e. The SMILES string of the molecule is CCOC(=O)C(=CC1CCOC1)c1ccc(S(=O)(=O)C2CC2)c(C2CC2)c1. The molecule has 0 amide bonds. The van der Waals surface area contributed by atoms with E-state index in [0.717, 1.165) is 43.2 Å². The molecule has 0 bridgehead atoms. The Balaban J connectivity index is 1.74. The van der Waals surface area contributed by atoms with Crippen molar-refractivity contribution in [3.05, 3.63) is 35.4 Å². The number of hydrogen-bond acceptors (Lipinski definition) is 5. The van der Waals surface area contributed by atoms with Gasteiger partial charge in [0.15, 0.2) is 9.84 Å². The molecule has 6 heteroatoms. The molecule has 1 aliphatic heterocycles. The minimum atomic E-state index is -3.25. The normalized spacial score (nSPS) is 23.4. The molecule has 1 atom stereocenters. The lowest BCUT2D eigenvalue weighted by Gasteiger charge is -2.14. The largest absolute Gasteiger partial charge is 0.462 e. The fraction of sp³-hybridized carbons (Fsp3) is 0.571. The predicted molar refractivity (Wildman–Crippen MR) is 102 cm³/mol. The van der Waals surface area contributed by atoms with E-state index in [1.807, 2.05) is 12.1 Å². The van der Waals surface area contributed by atoms with Gasteiger partial charge >= 0.3 is 5.97 Å². The van der Waals surface area contributed by atoms with E-state index in [1.54, 1.807) is 19.1 Å². The molecule has 1 saturated heterocycles. The van der Waals surface area contributed by atoms with Crippen LogP contribution in [0.4, 0.5) is 0 Å². The number of esters is 1. The van der Waals surface area contributed by atoms with E-state index in [4.69, 9.17) is 9.47 Å². The van der Waals surface area contributed by atoms with Crippen molar-refractivity contribution in [2.24, 2.45) is 5.92 Å². The summed E-state index contributed by atoms with van der Waals surface area (Å²) in [5.74, 6) is 0.110. The molecule has 146 valence electrons. The van der Waals surface area contributed by atoms with Gasteiger partial charge in [-0.15, -0.1) is 0 Å². The van der Waals surface area contributed by atoms with E-state index in [1.165, 1.54) is 0 Å². The zero-order valence-corrected chi connectivity index (χ0v) is 16.5. The Morgan fingerprint density at radius 3 is 2.59 bits per heavy atom. The minimum Gasteiger partial charge on any atom is -0.462 e. The molecule has 1 aromatic rings. The Kier molecular flexibility index (Phi) is 5.12. The van der Waals surface area contributed by atoms with Gasteiger partial charge in [-0.25, -0.2) is 13.2 Å². The van der Waals surface area contributed by atoms with Crippen molar-refractivity contribution in [2.75, 3.05) is 19.8 Å². The van der Waals surface area contributed by atoms with Crippen LogP contribution in [0.25, 0.3) is 5.57 Å². The van der Waals surface area contributed by atoms with E-state index in [-0.39, 0.29) is 23.1 Å². The summed E-state index contributed by atoms with van der Waals surface area (Å²) in [5.41, 5.74) is 2.14. The molecule has 1 unspecified atom stereocenters. The summed E-state index contributed by atoms with van der Waals surface area (Å²) in [6.07, 6.45) is 6.34. The van der Waals surface area contributed by atoms with E-state index in [2.05, 4.69) is 0 Å². The molecule has 5 nitrogen and oxygen atoms in total. The van der Waals surface area contributed by atoms with Crippen LogP contribution in [0.2, 0.25) is 0 Å². The average molecular weight is 391 g/mol. The van der Waals surface area contributed by atoms with Crippen LogP contribution in [0.1, 0.15) is 56.1 Å². The monoisotopic (exact) mass is 390 g/mol. The predicted octanol–water partition coefficient (Wildman–Crippen LogP) is 3.48.